The monoisotopic (exact) mass is 1270 g/mol. The highest BCUT2D eigenvalue weighted by Crippen LogP contribution is 2.51. The number of para-hydroxylation sites is 4. The predicted octanol–water partition coefficient (Wildman–Crippen LogP) is 17.1. The number of hydrogen-bond donors (Lipinski definition) is 0. The average Bonchev–Trinajstić information content (AvgIpc) is 0.698. The third-order valence-electron chi connectivity index (χ3n) is 19.8. The highest BCUT2D eigenvalue weighted by atomic mass is 16.2. The number of hydrogen-bond acceptors (Lipinski definition) is 12. The summed E-state index contributed by atoms with van der Waals surface area (Å²) in [5.41, 5.74) is 4.72. The van der Waals surface area contributed by atoms with E-state index in [4.69, 9.17) is 0 Å². The summed E-state index contributed by atoms with van der Waals surface area (Å²) in [6.07, 6.45) is 0.814. The van der Waals surface area contributed by atoms with Crippen LogP contribution in [-0.2, 0) is 0 Å². The molecule has 0 aliphatic carbocycles. The maximum absolute atomic E-state index is 15.7. The minimum absolute atomic E-state index is 0.00120. The Morgan fingerprint density at radius 2 is 0.479 bits per heavy atom. The molecular weight excluding hydrogens is 1200 g/mol. The molecule has 16 nitrogen and oxygen atoms in total. The second-order valence-corrected chi connectivity index (χ2v) is 27.6. The van der Waals surface area contributed by atoms with Crippen LogP contribution in [0.25, 0.3) is 21.5 Å². The number of anilines is 4. The Bertz CT molecular complexity index is 4950. The summed E-state index contributed by atoms with van der Waals surface area (Å²) < 4.78 is 0. The Morgan fingerprint density at radius 3 is 0.719 bits per heavy atom. The van der Waals surface area contributed by atoms with Gasteiger partial charge >= 0.3 is 0 Å². The fourth-order valence-corrected chi connectivity index (χ4v) is 15.1. The molecule has 0 fully saturated rings. The maximum atomic E-state index is 15.7. The normalized spacial score (nSPS) is 15.0. The first kappa shape index (κ1) is 64.9. The smallest absolute Gasteiger partial charge is 0.267 e. The predicted molar refractivity (Wildman–Crippen MR) is 368 cm³/mol. The summed E-state index contributed by atoms with van der Waals surface area (Å²) in [6, 6.07) is 35.9. The first-order valence-corrected chi connectivity index (χ1v) is 32.7. The molecule has 8 aromatic carbocycles. The van der Waals surface area contributed by atoms with Gasteiger partial charge in [0.25, 0.3) is 47.3 Å². The molecule has 8 aromatic rings. The highest BCUT2D eigenvalue weighted by molar-refractivity contribution is 6.45. The number of amides is 8. The molecule has 2 atom stereocenters. The first-order valence-electron chi connectivity index (χ1n) is 32.7. The Balaban J connectivity index is 0.922. The van der Waals surface area contributed by atoms with Crippen molar-refractivity contribution in [2.45, 2.75) is 157 Å². The molecule has 4 aliphatic rings. The fourth-order valence-electron chi connectivity index (χ4n) is 15.1. The average molecular weight is 1270 g/mol. The van der Waals surface area contributed by atoms with Gasteiger partial charge in [-0.25, -0.2) is 19.6 Å². The first-order chi connectivity index (χ1) is 45.7. The van der Waals surface area contributed by atoms with Crippen LogP contribution in [0.2, 0.25) is 0 Å². The van der Waals surface area contributed by atoms with Crippen LogP contribution in [-0.4, -0.2) is 47.3 Å². The minimum atomic E-state index is -0.847. The zero-order chi connectivity index (χ0) is 69.3. The van der Waals surface area contributed by atoms with E-state index < -0.39 is 59.1 Å². The van der Waals surface area contributed by atoms with E-state index in [1.807, 2.05) is 170 Å². The third-order valence-corrected chi connectivity index (χ3v) is 19.8. The van der Waals surface area contributed by atoms with E-state index in [1.165, 1.54) is 24.3 Å². The van der Waals surface area contributed by atoms with Crippen molar-refractivity contribution in [3.63, 3.8) is 0 Å². The number of carbonyl (C=O) groups is 8. The highest BCUT2D eigenvalue weighted by Gasteiger charge is 2.49. The Hall–Kier alpha value is -11.2. The van der Waals surface area contributed by atoms with Crippen LogP contribution in [0.3, 0.4) is 0 Å². The molecule has 478 valence electrons. The van der Waals surface area contributed by atoms with Crippen molar-refractivity contribution in [2.75, 3.05) is 19.6 Å². The van der Waals surface area contributed by atoms with Gasteiger partial charge in [0.1, 0.15) is 24.3 Å². The second-order valence-electron chi connectivity index (χ2n) is 27.6. The number of carbonyl (C=O) groups excluding carboxylic acids is 8. The van der Waals surface area contributed by atoms with Crippen LogP contribution in [0.5, 0.6) is 0 Å². The van der Waals surface area contributed by atoms with Crippen molar-refractivity contribution in [3.05, 3.63) is 208 Å². The SMILES string of the molecule is CC(C)c1cccc(C(C)C)c1N1C(=O)c2cc(C#N)c3c4c(cc(C#N)c(c24)C1=O)C(=O)N(c1c(C(C)C)cccc1C(C)CCC(C)c1cccc(C(C)C)c1N1C(=O)c2cc(C#N)c4c5c(c(C#N)cc(c25)C1=O)C(=O)N(c1c(C(C)C)cccc1C(C)C)C4=O)C3=O. The molecule has 0 N–H and O–H groups in total. The van der Waals surface area contributed by atoms with Crippen LogP contribution in [0.15, 0.2) is 97.1 Å². The summed E-state index contributed by atoms with van der Waals surface area (Å²) in [5.74, 6) is -8.36. The second kappa shape index (κ2) is 24.0. The maximum Gasteiger partial charge on any atom is 0.267 e. The number of nitrogens with zero attached hydrogens (tertiary/aromatic N) is 8. The molecule has 0 aromatic heterocycles. The van der Waals surface area contributed by atoms with E-state index in [-0.39, 0.29) is 130 Å². The molecular formula is C80H70N8O8. The largest absolute Gasteiger partial charge is 0.268 e. The molecule has 0 saturated carbocycles. The van der Waals surface area contributed by atoms with Crippen molar-refractivity contribution >= 4 is 91.6 Å². The van der Waals surface area contributed by atoms with Gasteiger partial charge in [-0.1, -0.05) is 170 Å². The van der Waals surface area contributed by atoms with E-state index in [1.54, 1.807) is 0 Å². The Kier molecular flexibility index (Phi) is 16.2. The topological polar surface area (TPSA) is 245 Å². The summed E-state index contributed by atoms with van der Waals surface area (Å²) in [4.78, 5) is 128. The van der Waals surface area contributed by atoms with Gasteiger partial charge in [-0.15, -0.1) is 0 Å². The van der Waals surface area contributed by atoms with E-state index in [2.05, 4.69) is 24.3 Å². The van der Waals surface area contributed by atoms with E-state index >= 15 is 38.4 Å². The quantitative estimate of drug-likeness (QED) is 0.0870. The van der Waals surface area contributed by atoms with Crippen molar-refractivity contribution in [2.24, 2.45) is 0 Å². The number of rotatable bonds is 15. The number of nitriles is 4. The molecule has 2 unspecified atom stereocenters. The molecule has 8 amide bonds. The number of benzene rings is 8. The van der Waals surface area contributed by atoms with Crippen LogP contribution in [0.1, 0.15) is 307 Å². The molecule has 12 rings (SSSR count). The molecule has 0 bridgehead atoms. The molecule has 16 heteroatoms. The molecule has 4 aliphatic heterocycles. The van der Waals surface area contributed by atoms with Crippen LogP contribution in [0, 0.1) is 45.3 Å². The van der Waals surface area contributed by atoms with Gasteiger partial charge in [0.15, 0.2) is 0 Å². The van der Waals surface area contributed by atoms with Crippen molar-refractivity contribution in [1.82, 2.24) is 0 Å². The lowest BCUT2D eigenvalue weighted by Gasteiger charge is -2.36. The Labute approximate surface area is 557 Å². The van der Waals surface area contributed by atoms with E-state index in [0.717, 1.165) is 30.7 Å². The van der Waals surface area contributed by atoms with Crippen LogP contribution < -0.4 is 19.6 Å². The summed E-state index contributed by atoms with van der Waals surface area (Å²) in [5, 5.41) is 43.7. The van der Waals surface area contributed by atoms with E-state index in [9.17, 15) is 21.0 Å². The standard InChI is InChI=1S/C80H70N8O8/c1-37(2)49-19-15-20-50(38(3)4)69(49)86-75(91)59-31-46(34-82)62-67-60(32-45(33-81)61(66(59)67)77(86)93)76(92)87(78(62)94)72-54(42(11)12)24-18-26-56(72)44(14)28-27-43(13)55-25-17-23-53(41(9)10)71(55)85-73(89)57-29-47(35-83)63-68-64(48(36-84)30-58(65(57)68)74(85)90)80(96)88(79(63)95)70-51(39(5)6)21-16-22-52(70)40(7)8/h15-26,29-32,37-44H,27-28H2,1-14H3. The lowest BCUT2D eigenvalue weighted by atomic mass is 9.79. The van der Waals surface area contributed by atoms with Gasteiger partial charge in [0, 0.05) is 21.5 Å². The van der Waals surface area contributed by atoms with Crippen molar-refractivity contribution in [1.29, 1.82) is 21.0 Å². The van der Waals surface area contributed by atoms with Crippen LogP contribution in [0.4, 0.5) is 22.7 Å². The molecule has 96 heavy (non-hydrogen) atoms. The molecule has 0 radical (unpaired) electrons. The van der Waals surface area contributed by atoms with Gasteiger partial charge < -0.3 is 0 Å². The zero-order valence-corrected chi connectivity index (χ0v) is 56.1. The minimum Gasteiger partial charge on any atom is -0.268 e. The summed E-state index contributed by atoms with van der Waals surface area (Å²) >= 11 is 0. The van der Waals surface area contributed by atoms with Crippen LogP contribution >= 0.6 is 0 Å². The van der Waals surface area contributed by atoms with E-state index in [0.29, 0.717) is 63.3 Å². The van der Waals surface area contributed by atoms with Gasteiger partial charge in [-0.05, 0) is 129 Å². The van der Waals surface area contributed by atoms with Gasteiger partial charge in [-0.2, -0.15) is 21.0 Å². The summed E-state index contributed by atoms with van der Waals surface area (Å²) in [6.45, 7) is 27.2. The van der Waals surface area contributed by atoms with Gasteiger partial charge in [0.2, 0.25) is 0 Å². The van der Waals surface area contributed by atoms with Crippen molar-refractivity contribution in [3.8, 4) is 24.3 Å². The summed E-state index contributed by atoms with van der Waals surface area (Å²) in [7, 11) is 0. The lowest BCUT2D eigenvalue weighted by molar-refractivity contribution is 0.0872. The molecule has 4 heterocycles. The third kappa shape index (κ3) is 9.48. The Morgan fingerprint density at radius 1 is 0.281 bits per heavy atom. The zero-order valence-electron chi connectivity index (χ0n) is 56.1. The van der Waals surface area contributed by atoms with Gasteiger partial charge in [0.05, 0.1) is 89.5 Å². The van der Waals surface area contributed by atoms with Crippen molar-refractivity contribution < 1.29 is 38.4 Å². The van der Waals surface area contributed by atoms with Gasteiger partial charge in [-0.3, -0.25) is 38.4 Å². The lowest BCUT2D eigenvalue weighted by Crippen LogP contribution is -2.45. The molecule has 0 spiro atoms. The fraction of sp³-hybridized carbons (Fsp3) is 0.300. The molecule has 0 saturated heterocycles. The number of imide groups is 4.